The highest BCUT2D eigenvalue weighted by atomic mass is 32.2. The van der Waals surface area contributed by atoms with Crippen LogP contribution in [0.25, 0.3) is 0 Å². The maximum Gasteiger partial charge on any atom is 0.276 e. The van der Waals surface area contributed by atoms with Crippen molar-refractivity contribution in [2.45, 2.75) is 31.4 Å². The number of ether oxygens (including phenoxy) is 1. The predicted octanol–water partition coefficient (Wildman–Crippen LogP) is 3.03. The molecule has 2 aromatic rings. The van der Waals surface area contributed by atoms with E-state index in [2.05, 4.69) is 15.0 Å². The first kappa shape index (κ1) is 20.1. The molecule has 26 heavy (non-hydrogen) atoms. The fraction of sp³-hybridized carbons (Fsp3) is 0.444. The number of carbonyl (C=O) groups excluding carboxylic acids is 1. The van der Waals surface area contributed by atoms with Crippen LogP contribution < -0.4 is 4.90 Å². The van der Waals surface area contributed by atoms with Crippen molar-refractivity contribution in [2.75, 3.05) is 25.1 Å². The lowest BCUT2D eigenvalue weighted by Crippen LogP contribution is -2.28. The van der Waals surface area contributed by atoms with Crippen molar-refractivity contribution in [3.8, 4) is 0 Å². The molecule has 2 aromatic heterocycles. The number of pyridine rings is 1. The second-order valence-electron chi connectivity index (χ2n) is 5.95. The standard InChI is InChI=1S/C18H25N5O2S/c1-13(2)20-9-10-25-14(3)26-18-21-12-16(23(18)5)17(24)22(4)15-7-6-8-19-11-15/h6-8,11-12,14H,9-10H2,1-5H3. The molecule has 140 valence electrons. The molecule has 0 radical (unpaired) electrons. The summed E-state index contributed by atoms with van der Waals surface area (Å²) >= 11 is 1.47. The molecular formula is C18H25N5O2S. The molecule has 2 heterocycles. The van der Waals surface area contributed by atoms with Crippen LogP contribution in [0.4, 0.5) is 5.69 Å². The summed E-state index contributed by atoms with van der Waals surface area (Å²) in [6.07, 6.45) is 4.92. The number of aromatic nitrogens is 3. The zero-order valence-electron chi connectivity index (χ0n) is 15.8. The van der Waals surface area contributed by atoms with Gasteiger partial charge in [-0.15, -0.1) is 0 Å². The average Bonchev–Trinajstić information content (AvgIpc) is 2.98. The van der Waals surface area contributed by atoms with Crippen molar-refractivity contribution in [1.29, 1.82) is 0 Å². The quantitative estimate of drug-likeness (QED) is 0.307. The molecule has 1 unspecified atom stereocenters. The van der Waals surface area contributed by atoms with Crippen molar-refractivity contribution in [3.05, 3.63) is 36.4 Å². The van der Waals surface area contributed by atoms with Gasteiger partial charge in [0.1, 0.15) is 11.1 Å². The number of hydrogen-bond acceptors (Lipinski definition) is 6. The molecule has 8 heteroatoms. The Hall–Kier alpha value is -2.19. The van der Waals surface area contributed by atoms with E-state index in [9.17, 15) is 4.79 Å². The summed E-state index contributed by atoms with van der Waals surface area (Å²) in [4.78, 5) is 27.0. The minimum Gasteiger partial charge on any atom is -0.365 e. The fourth-order valence-corrected chi connectivity index (χ4v) is 3.04. The Balaban J connectivity index is 1.98. The van der Waals surface area contributed by atoms with Crippen molar-refractivity contribution >= 4 is 29.1 Å². The van der Waals surface area contributed by atoms with Crippen LogP contribution in [0, 0.1) is 0 Å². The molecule has 0 bridgehead atoms. The van der Waals surface area contributed by atoms with Gasteiger partial charge in [0.05, 0.1) is 31.2 Å². The van der Waals surface area contributed by atoms with Gasteiger partial charge in [0.15, 0.2) is 5.16 Å². The highest BCUT2D eigenvalue weighted by molar-refractivity contribution is 7.99. The van der Waals surface area contributed by atoms with Crippen LogP contribution in [0.1, 0.15) is 31.3 Å². The van der Waals surface area contributed by atoms with Gasteiger partial charge in [-0.1, -0.05) is 11.8 Å². The maximum atomic E-state index is 12.7. The monoisotopic (exact) mass is 375 g/mol. The third-order valence-corrected chi connectivity index (χ3v) is 4.70. The van der Waals surface area contributed by atoms with Crippen LogP contribution in [0.3, 0.4) is 0 Å². The van der Waals surface area contributed by atoms with Crippen molar-refractivity contribution < 1.29 is 9.53 Å². The SMILES string of the molecule is CC(C)=NCCOC(C)Sc1ncc(C(=O)N(C)c2cccnc2)n1C. The molecule has 1 amide bonds. The number of thioether (sulfide) groups is 1. The number of aliphatic imine (C=N–C) groups is 1. The van der Waals surface area contributed by atoms with E-state index in [1.165, 1.54) is 11.8 Å². The normalized spacial score (nSPS) is 11.9. The first-order valence-corrected chi connectivity index (χ1v) is 9.23. The van der Waals surface area contributed by atoms with Crippen LogP contribution in [-0.2, 0) is 11.8 Å². The Morgan fingerprint density at radius 2 is 2.19 bits per heavy atom. The fourth-order valence-electron chi connectivity index (χ4n) is 2.21. The van der Waals surface area contributed by atoms with Crippen LogP contribution in [0.5, 0.6) is 0 Å². The summed E-state index contributed by atoms with van der Waals surface area (Å²) < 4.78 is 7.52. The smallest absolute Gasteiger partial charge is 0.276 e. The van der Waals surface area contributed by atoms with Crippen molar-refractivity contribution in [3.63, 3.8) is 0 Å². The van der Waals surface area contributed by atoms with E-state index in [4.69, 9.17) is 4.74 Å². The molecule has 2 rings (SSSR count). The van der Waals surface area contributed by atoms with Gasteiger partial charge in [0.25, 0.3) is 5.91 Å². The van der Waals surface area contributed by atoms with E-state index in [1.807, 2.05) is 33.9 Å². The summed E-state index contributed by atoms with van der Waals surface area (Å²) in [5.74, 6) is -0.138. The molecule has 7 nitrogen and oxygen atoms in total. The molecule has 0 saturated heterocycles. The lowest BCUT2D eigenvalue weighted by atomic mass is 10.3. The van der Waals surface area contributed by atoms with Crippen molar-refractivity contribution in [2.24, 2.45) is 12.0 Å². The highest BCUT2D eigenvalue weighted by Crippen LogP contribution is 2.24. The number of anilines is 1. The Morgan fingerprint density at radius 1 is 1.42 bits per heavy atom. The zero-order chi connectivity index (χ0) is 19.1. The molecule has 0 aliphatic heterocycles. The minimum atomic E-state index is -0.138. The molecule has 0 N–H and O–H groups in total. The van der Waals surface area contributed by atoms with Gasteiger partial charge in [-0.3, -0.25) is 14.8 Å². The lowest BCUT2D eigenvalue weighted by Gasteiger charge is -2.17. The summed E-state index contributed by atoms with van der Waals surface area (Å²) in [6, 6.07) is 3.64. The van der Waals surface area contributed by atoms with Gasteiger partial charge < -0.3 is 14.2 Å². The third-order valence-electron chi connectivity index (χ3n) is 3.65. The van der Waals surface area contributed by atoms with Gasteiger partial charge in [0, 0.05) is 26.0 Å². The molecule has 0 aromatic carbocycles. The second kappa shape index (κ2) is 9.49. The highest BCUT2D eigenvalue weighted by Gasteiger charge is 2.20. The predicted molar refractivity (Wildman–Crippen MR) is 105 cm³/mol. The first-order valence-electron chi connectivity index (χ1n) is 8.36. The lowest BCUT2D eigenvalue weighted by molar-refractivity contribution is 0.0984. The van der Waals surface area contributed by atoms with E-state index >= 15 is 0 Å². The van der Waals surface area contributed by atoms with Gasteiger partial charge >= 0.3 is 0 Å². The molecule has 1 atom stereocenters. The number of nitrogens with zero attached hydrogens (tertiary/aromatic N) is 5. The topological polar surface area (TPSA) is 72.6 Å². The molecule has 0 fully saturated rings. The number of rotatable bonds is 8. The second-order valence-corrected chi connectivity index (χ2v) is 7.21. The van der Waals surface area contributed by atoms with Crippen LogP contribution >= 0.6 is 11.8 Å². The van der Waals surface area contributed by atoms with E-state index in [-0.39, 0.29) is 11.3 Å². The Morgan fingerprint density at radius 3 is 2.85 bits per heavy atom. The summed E-state index contributed by atoms with van der Waals surface area (Å²) in [6.45, 7) is 7.10. The van der Waals surface area contributed by atoms with Crippen molar-refractivity contribution in [1.82, 2.24) is 14.5 Å². The first-order chi connectivity index (χ1) is 12.4. The molecule has 0 spiro atoms. The minimum absolute atomic E-state index is 0.0810. The average molecular weight is 375 g/mol. The van der Waals surface area contributed by atoms with Crippen LogP contribution in [-0.4, -0.2) is 51.8 Å². The van der Waals surface area contributed by atoms with Crippen LogP contribution in [0.15, 0.2) is 40.9 Å². The Kier molecular flexibility index (Phi) is 7.35. The van der Waals surface area contributed by atoms with E-state index in [0.717, 1.165) is 16.6 Å². The Labute approximate surface area is 158 Å². The number of hydrogen-bond donors (Lipinski definition) is 0. The van der Waals surface area contributed by atoms with Gasteiger partial charge in [0.2, 0.25) is 0 Å². The third kappa shape index (κ3) is 5.40. The van der Waals surface area contributed by atoms with E-state index in [0.29, 0.717) is 18.8 Å². The van der Waals surface area contributed by atoms with Gasteiger partial charge in [-0.2, -0.15) is 0 Å². The van der Waals surface area contributed by atoms with E-state index < -0.39 is 0 Å². The van der Waals surface area contributed by atoms with Gasteiger partial charge in [-0.25, -0.2) is 4.98 Å². The number of carbonyl (C=O) groups is 1. The number of imidazole rings is 1. The van der Waals surface area contributed by atoms with Gasteiger partial charge in [-0.05, 0) is 32.9 Å². The van der Waals surface area contributed by atoms with E-state index in [1.54, 1.807) is 41.2 Å². The Bertz CT molecular complexity index is 756. The largest absolute Gasteiger partial charge is 0.365 e. The molecule has 0 aliphatic carbocycles. The van der Waals surface area contributed by atoms with Crippen LogP contribution in [0.2, 0.25) is 0 Å². The molecular weight excluding hydrogens is 350 g/mol. The summed E-state index contributed by atoms with van der Waals surface area (Å²) in [5.41, 5.74) is 2.20. The maximum absolute atomic E-state index is 12.7. The summed E-state index contributed by atoms with van der Waals surface area (Å²) in [5, 5.41) is 0.732. The zero-order valence-corrected chi connectivity index (χ0v) is 16.7. The number of amides is 1. The summed E-state index contributed by atoms with van der Waals surface area (Å²) in [7, 11) is 3.55. The molecule has 0 saturated carbocycles. The molecule has 0 aliphatic rings.